The molecule has 0 saturated carbocycles. The van der Waals surface area contributed by atoms with Gasteiger partial charge in [-0.05, 0) is 29.8 Å². The van der Waals surface area contributed by atoms with Crippen molar-refractivity contribution in [2.75, 3.05) is 11.9 Å². The summed E-state index contributed by atoms with van der Waals surface area (Å²) in [6.45, 7) is 0.696. The lowest BCUT2D eigenvalue weighted by Crippen LogP contribution is -2.18. The third-order valence-electron chi connectivity index (χ3n) is 2.50. The molecule has 0 aliphatic heterocycles. The molecule has 0 saturated heterocycles. The van der Waals surface area contributed by atoms with Crippen LogP contribution in [0.4, 0.5) is 5.82 Å². The first-order chi connectivity index (χ1) is 8.70. The largest absolute Gasteiger partial charge is 0.355 e. The van der Waals surface area contributed by atoms with Gasteiger partial charge in [0.15, 0.2) is 5.69 Å². The van der Waals surface area contributed by atoms with E-state index < -0.39 is 0 Å². The highest BCUT2D eigenvalue weighted by atomic mass is 35.5. The van der Waals surface area contributed by atoms with Crippen molar-refractivity contribution in [1.29, 1.82) is 5.26 Å². The fraction of sp³-hybridized carbons (Fsp3) is 0.154. The lowest BCUT2D eigenvalue weighted by molar-refractivity contribution is 0.893. The molecule has 0 aliphatic rings. The number of nitriles is 1. The van der Waals surface area contributed by atoms with E-state index in [1.807, 2.05) is 30.1 Å². The van der Waals surface area contributed by atoms with Gasteiger partial charge in [-0.25, -0.2) is 4.98 Å². The summed E-state index contributed by atoms with van der Waals surface area (Å²) in [5.74, 6) is 0.716. The molecule has 0 fully saturated rings. The number of pyridine rings is 2. The third-order valence-corrected chi connectivity index (χ3v) is 2.80. The van der Waals surface area contributed by atoms with Crippen molar-refractivity contribution in [2.24, 2.45) is 0 Å². The Kier molecular flexibility index (Phi) is 3.75. The molecule has 2 aromatic heterocycles. The molecule has 0 radical (unpaired) electrons. The van der Waals surface area contributed by atoms with E-state index in [9.17, 15) is 0 Å². The zero-order valence-corrected chi connectivity index (χ0v) is 10.6. The number of hydrogen-bond acceptors (Lipinski definition) is 4. The van der Waals surface area contributed by atoms with Crippen molar-refractivity contribution in [1.82, 2.24) is 9.97 Å². The summed E-state index contributed by atoms with van der Waals surface area (Å²) in [5, 5.41) is 9.26. The van der Waals surface area contributed by atoms with Crippen LogP contribution in [0.2, 0.25) is 5.02 Å². The van der Waals surface area contributed by atoms with E-state index in [1.54, 1.807) is 24.5 Å². The number of rotatable bonds is 3. The van der Waals surface area contributed by atoms with Gasteiger partial charge in [-0.15, -0.1) is 0 Å². The van der Waals surface area contributed by atoms with Crippen molar-refractivity contribution in [3.8, 4) is 6.07 Å². The van der Waals surface area contributed by atoms with Gasteiger partial charge >= 0.3 is 0 Å². The maximum atomic E-state index is 8.89. The molecule has 4 nitrogen and oxygen atoms in total. The van der Waals surface area contributed by atoms with Gasteiger partial charge in [-0.1, -0.05) is 11.6 Å². The second-order valence-electron chi connectivity index (χ2n) is 3.82. The van der Waals surface area contributed by atoms with Crippen LogP contribution in [-0.2, 0) is 6.54 Å². The summed E-state index contributed by atoms with van der Waals surface area (Å²) in [4.78, 5) is 10.1. The maximum Gasteiger partial charge on any atom is 0.161 e. The van der Waals surface area contributed by atoms with Crippen molar-refractivity contribution in [3.05, 3.63) is 52.9 Å². The van der Waals surface area contributed by atoms with Crippen LogP contribution in [0.25, 0.3) is 0 Å². The summed E-state index contributed by atoms with van der Waals surface area (Å²) in [5.41, 5.74) is 1.37. The molecule has 2 heterocycles. The highest BCUT2D eigenvalue weighted by Gasteiger charge is 2.07. The van der Waals surface area contributed by atoms with E-state index in [0.29, 0.717) is 17.4 Å². The Morgan fingerprint density at radius 2 is 2.00 bits per heavy atom. The van der Waals surface area contributed by atoms with E-state index in [4.69, 9.17) is 16.9 Å². The van der Waals surface area contributed by atoms with E-state index in [-0.39, 0.29) is 5.69 Å². The number of aromatic nitrogens is 2. The third kappa shape index (κ3) is 2.76. The van der Waals surface area contributed by atoms with Gasteiger partial charge in [0.25, 0.3) is 0 Å². The Hall–Kier alpha value is -2.12. The molecular formula is C13H11ClN4. The fourth-order valence-electron chi connectivity index (χ4n) is 1.57. The number of nitrogens with zero attached hydrogens (tertiary/aromatic N) is 4. The zero-order chi connectivity index (χ0) is 13.0. The minimum absolute atomic E-state index is 0.246. The summed E-state index contributed by atoms with van der Waals surface area (Å²) in [6, 6.07) is 9.34. The Bertz CT molecular complexity index is 577. The molecule has 18 heavy (non-hydrogen) atoms. The normalized spacial score (nSPS) is 9.83. The van der Waals surface area contributed by atoms with Crippen molar-refractivity contribution in [2.45, 2.75) is 6.54 Å². The molecule has 0 N–H and O–H groups in total. The van der Waals surface area contributed by atoms with E-state index in [2.05, 4.69) is 9.97 Å². The summed E-state index contributed by atoms with van der Waals surface area (Å²) in [6.07, 6.45) is 3.50. The molecule has 2 rings (SSSR count). The first-order valence-corrected chi connectivity index (χ1v) is 5.75. The van der Waals surface area contributed by atoms with Crippen molar-refractivity contribution in [3.63, 3.8) is 0 Å². The molecule has 90 valence electrons. The molecule has 0 aromatic carbocycles. The highest BCUT2D eigenvalue weighted by molar-refractivity contribution is 6.31. The molecular weight excluding hydrogens is 248 g/mol. The molecule has 0 amide bonds. The second kappa shape index (κ2) is 5.48. The predicted octanol–water partition coefficient (Wildman–Crippen LogP) is 2.64. The van der Waals surface area contributed by atoms with Crippen LogP contribution in [0, 0.1) is 11.3 Å². The van der Waals surface area contributed by atoms with Crippen LogP contribution < -0.4 is 4.90 Å². The molecule has 0 aliphatic carbocycles. The van der Waals surface area contributed by atoms with Gasteiger partial charge in [0.05, 0.1) is 5.02 Å². The minimum Gasteiger partial charge on any atom is -0.355 e. The number of hydrogen-bond donors (Lipinski definition) is 0. The van der Waals surface area contributed by atoms with Gasteiger partial charge in [-0.3, -0.25) is 4.98 Å². The van der Waals surface area contributed by atoms with Crippen LogP contribution in [0.3, 0.4) is 0 Å². The van der Waals surface area contributed by atoms with Gasteiger partial charge in [0, 0.05) is 26.0 Å². The topological polar surface area (TPSA) is 52.8 Å². The molecule has 5 heteroatoms. The van der Waals surface area contributed by atoms with E-state index in [0.717, 1.165) is 5.56 Å². The van der Waals surface area contributed by atoms with Gasteiger partial charge in [0.1, 0.15) is 11.9 Å². The van der Waals surface area contributed by atoms with Crippen LogP contribution in [0.1, 0.15) is 11.3 Å². The van der Waals surface area contributed by atoms with Crippen LogP contribution >= 0.6 is 11.6 Å². The highest BCUT2D eigenvalue weighted by Crippen LogP contribution is 2.19. The molecule has 0 atom stereocenters. The SMILES string of the molecule is CN(Cc1ccncc1)c1ccc(Cl)c(C#N)n1. The minimum atomic E-state index is 0.246. The first-order valence-electron chi connectivity index (χ1n) is 5.37. The summed E-state index contributed by atoms with van der Waals surface area (Å²) >= 11 is 5.85. The fourth-order valence-corrected chi connectivity index (χ4v) is 1.71. The Labute approximate surface area is 110 Å². The van der Waals surface area contributed by atoms with E-state index >= 15 is 0 Å². The zero-order valence-electron chi connectivity index (χ0n) is 9.84. The van der Waals surface area contributed by atoms with Crippen molar-refractivity contribution >= 4 is 17.4 Å². The Morgan fingerprint density at radius 3 is 2.67 bits per heavy atom. The van der Waals surface area contributed by atoms with Crippen LogP contribution in [-0.4, -0.2) is 17.0 Å². The molecule has 0 spiro atoms. The van der Waals surface area contributed by atoms with E-state index in [1.165, 1.54) is 0 Å². The van der Waals surface area contributed by atoms with Crippen molar-refractivity contribution < 1.29 is 0 Å². The van der Waals surface area contributed by atoms with Gasteiger partial charge in [0.2, 0.25) is 0 Å². The lowest BCUT2D eigenvalue weighted by atomic mass is 10.2. The predicted molar refractivity (Wildman–Crippen MR) is 70.3 cm³/mol. The summed E-state index contributed by atoms with van der Waals surface area (Å²) in [7, 11) is 1.91. The monoisotopic (exact) mass is 258 g/mol. The Morgan fingerprint density at radius 1 is 1.28 bits per heavy atom. The summed E-state index contributed by atoms with van der Waals surface area (Å²) < 4.78 is 0. The second-order valence-corrected chi connectivity index (χ2v) is 4.23. The average Bonchev–Trinajstić information content (AvgIpc) is 2.40. The maximum absolute atomic E-state index is 8.89. The quantitative estimate of drug-likeness (QED) is 0.849. The number of anilines is 1. The van der Waals surface area contributed by atoms with Crippen LogP contribution in [0.5, 0.6) is 0 Å². The smallest absolute Gasteiger partial charge is 0.161 e. The van der Waals surface area contributed by atoms with Gasteiger partial charge in [-0.2, -0.15) is 5.26 Å². The standard InChI is InChI=1S/C13H11ClN4/c1-18(9-10-4-6-16-7-5-10)13-3-2-11(14)12(8-15)17-13/h2-7H,9H2,1H3. The molecule has 0 bridgehead atoms. The Balaban J connectivity index is 2.19. The van der Waals surface area contributed by atoms with Crippen LogP contribution in [0.15, 0.2) is 36.7 Å². The molecule has 2 aromatic rings. The average molecular weight is 259 g/mol. The first kappa shape index (κ1) is 12.3. The molecule has 0 unspecified atom stereocenters. The number of halogens is 1. The lowest BCUT2D eigenvalue weighted by Gasteiger charge is -2.18. The van der Waals surface area contributed by atoms with Gasteiger partial charge < -0.3 is 4.90 Å².